The molecule has 0 bridgehead atoms. The molecule has 0 heterocycles. The first-order valence-electron chi connectivity index (χ1n) is 6.44. The molecule has 0 aliphatic rings. The molecule has 1 atom stereocenters. The highest BCUT2D eigenvalue weighted by Crippen LogP contribution is 2.14. The molecule has 19 heavy (non-hydrogen) atoms. The van der Waals surface area contributed by atoms with E-state index in [-0.39, 0.29) is 18.2 Å². The molecule has 0 radical (unpaired) electrons. The lowest BCUT2D eigenvalue weighted by molar-refractivity contribution is -0.143. The van der Waals surface area contributed by atoms with Gasteiger partial charge in [-0.2, -0.15) is 0 Å². The highest BCUT2D eigenvalue weighted by molar-refractivity contribution is 6.02. The molecule has 104 valence electrons. The minimum Gasteiger partial charge on any atom is -0.466 e. The van der Waals surface area contributed by atoms with Crippen LogP contribution >= 0.6 is 0 Å². The molecule has 4 nitrogen and oxygen atoms in total. The van der Waals surface area contributed by atoms with Crippen LogP contribution in [-0.4, -0.2) is 31.4 Å². The van der Waals surface area contributed by atoms with Crippen LogP contribution < -0.4 is 5.32 Å². The van der Waals surface area contributed by atoms with E-state index in [2.05, 4.69) is 5.32 Å². The number of hydrogen-bond acceptors (Lipinski definition) is 4. The van der Waals surface area contributed by atoms with E-state index in [1.807, 2.05) is 32.0 Å². The fourth-order valence-corrected chi connectivity index (χ4v) is 1.99. The average molecular weight is 263 g/mol. The second-order valence-corrected chi connectivity index (χ2v) is 4.53. The molecule has 0 saturated carbocycles. The van der Waals surface area contributed by atoms with Crippen LogP contribution in [0.3, 0.4) is 0 Å². The van der Waals surface area contributed by atoms with Crippen LogP contribution in [0.15, 0.2) is 18.2 Å². The van der Waals surface area contributed by atoms with Gasteiger partial charge in [-0.15, -0.1) is 0 Å². The van der Waals surface area contributed by atoms with Crippen molar-refractivity contribution in [2.24, 2.45) is 0 Å². The van der Waals surface area contributed by atoms with Gasteiger partial charge in [-0.3, -0.25) is 9.59 Å². The Labute approximate surface area is 114 Å². The molecule has 0 amide bonds. The molecular formula is C15H21NO3. The minimum absolute atomic E-state index is 0.0521. The monoisotopic (exact) mass is 263 g/mol. The second kappa shape index (κ2) is 7.04. The van der Waals surface area contributed by atoms with Gasteiger partial charge in [-0.25, -0.2) is 0 Å². The Morgan fingerprint density at radius 3 is 2.53 bits per heavy atom. The number of esters is 1. The van der Waals surface area contributed by atoms with Gasteiger partial charge in [0.15, 0.2) is 5.78 Å². The molecule has 1 aromatic rings. The third-order valence-corrected chi connectivity index (χ3v) is 2.99. The summed E-state index contributed by atoms with van der Waals surface area (Å²) >= 11 is 0. The standard InChI is InChI=1S/C15H21NO3/c1-5-19-14(17)9-13(16-4)15(18)12-7-6-10(2)8-11(12)3/h6-8,13,16H,5,9H2,1-4H3. The van der Waals surface area contributed by atoms with Gasteiger partial charge in [-0.1, -0.05) is 23.8 Å². The minimum atomic E-state index is -0.541. The summed E-state index contributed by atoms with van der Waals surface area (Å²) in [5, 5.41) is 2.88. The van der Waals surface area contributed by atoms with Gasteiger partial charge in [-0.05, 0) is 33.4 Å². The normalized spacial score (nSPS) is 12.0. The van der Waals surface area contributed by atoms with Crippen LogP contribution in [0.2, 0.25) is 0 Å². The Morgan fingerprint density at radius 1 is 1.32 bits per heavy atom. The lowest BCUT2D eigenvalue weighted by Gasteiger charge is -2.15. The van der Waals surface area contributed by atoms with Gasteiger partial charge >= 0.3 is 5.97 Å². The van der Waals surface area contributed by atoms with Crippen molar-refractivity contribution in [2.75, 3.05) is 13.7 Å². The van der Waals surface area contributed by atoms with E-state index in [0.29, 0.717) is 12.2 Å². The van der Waals surface area contributed by atoms with Crippen LogP contribution in [0.4, 0.5) is 0 Å². The summed E-state index contributed by atoms with van der Waals surface area (Å²) in [6, 6.07) is 5.13. The quantitative estimate of drug-likeness (QED) is 0.630. The van der Waals surface area contributed by atoms with E-state index in [1.54, 1.807) is 14.0 Å². The molecule has 0 aliphatic heterocycles. The molecule has 4 heteroatoms. The summed E-state index contributed by atoms with van der Waals surface area (Å²) in [5.41, 5.74) is 2.68. The van der Waals surface area contributed by atoms with Crippen LogP contribution in [-0.2, 0) is 9.53 Å². The largest absolute Gasteiger partial charge is 0.466 e. The van der Waals surface area contributed by atoms with Gasteiger partial charge < -0.3 is 10.1 Å². The number of aryl methyl sites for hydroxylation is 2. The number of Topliss-reactive ketones (excluding diaryl/α,β-unsaturated/α-hetero) is 1. The van der Waals surface area contributed by atoms with Crippen LogP contribution in [0.5, 0.6) is 0 Å². The topological polar surface area (TPSA) is 55.4 Å². The number of hydrogen-bond donors (Lipinski definition) is 1. The number of carbonyl (C=O) groups excluding carboxylic acids is 2. The molecule has 0 aliphatic carbocycles. The maximum absolute atomic E-state index is 12.4. The summed E-state index contributed by atoms with van der Waals surface area (Å²) in [7, 11) is 1.67. The number of ketones is 1. The van der Waals surface area contributed by atoms with Gasteiger partial charge in [0.05, 0.1) is 19.1 Å². The lowest BCUT2D eigenvalue weighted by atomic mass is 9.96. The summed E-state index contributed by atoms with van der Waals surface area (Å²) in [6.45, 7) is 5.96. The lowest BCUT2D eigenvalue weighted by Crippen LogP contribution is -2.37. The number of ether oxygens (including phenoxy) is 1. The van der Waals surface area contributed by atoms with Crippen LogP contribution in [0, 0.1) is 13.8 Å². The van der Waals surface area contributed by atoms with Crippen LogP contribution in [0.1, 0.15) is 34.8 Å². The fraction of sp³-hybridized carbons (Fsp3) is 0.467. The smallest absolute Gasteiger partial charge is 0.307 e. The summed E-state index contributed by atoms with van der Waals surface area (Å²) in [6.07, 6.45) is 0.0521. The fourth-order valence-electron chi connectivity index (χ4n) is 1.99. The van der Waals surface area contributed by atoms with E-state index in [4.69, 9.17) is 4.74 Å². The van der Waals surface area contributed by atoms with E-state index in [0.717, 1.165) is 11.1 Å². The highest BCUT2D eigenvalue weighted by atomic mass is 16.5. The van der Waals surface area contributed by atoms with Crippen LogP contribution in [0.25, 0.3) is 0 Å². The molecule has 1 N–H and O–H groups in total. The second-order valence-electron chi connectivity index (χ2n) is 4.53. The summed E-state index contributed by atoms with van der Waals surface area (Å²) in [5.74, 6) is -0.437. The molecule has 1 rings (SSSR count). The number of carbonyl (C=O) groups is 2. The first-order chi connectivity index (χ1) is 8.99. The third-order valence-electron chi connectivity index (χ3n) is 2.99. The Hall–Kier alpha value is -1.68. The third kappa shape index (κ3) is 4.17. The summed E-state index contributed by atoms with van der Waals surface area (Å²) in [4.78, 5) is 23.9. The predicted octanol–water partition coefficient (Wildman–Crippen LogP) is 2.03. The number of nitrogens with one attached hydrogen (secondary N) is 1. The van der Waals surface area contributed by atoms with Crippen molar-refractivity contribution in [3.63, 3.8) is 0 Å². The molecule has 1 unspecified atom stereocenters. The molecule has 0 aromatic heterocycles. The molecule has 0 spiro atoms. The number of rotatable bonds is 6. The zero-order valence-electron chi connectivity index (χ0n) is 11.9. The first kappa shape index (κ1) is 15.4. The van der Waals surface area contributed by atoms with E-state index in [9.17, 15) is 9.59 Å². The van der Waals surface area contributed by atoms with Crippen molar-refractivity contribution >= 4 is 11.8 Å². The molecule has 1 aromatic carbocycles. The highest BCUT2D eigenvalue weighted by Gasteiger charge is 2.23. The van der Waals surface area contributed by atoms with E-state index >= 15 is 0 Å². The van der Waals surface area contributed by atoms with Gasteiger partial charge in [0.25, 0.3) is 0 Å². The Morgan fingerprint density at radius 2 is 2.00 bits per heavy atom. The van der Waals surface area contributed by atoms with Gasteiger partial charge in [0.1, 0.15) is 0 Å². The van der Waals surface area contributed by atoms with Gasteiger partial charge in [0, 0.05) is 5.56 Å². The maximum atomic E-state index is 12.4. The van der Waals surface area contributed by atoms with Crippen molar-refractivity contribution < 1.29 is 14.3 Å². The zero-order chi connectivity index (χ0) is 14.4. The van der Waals surface area contributed by atoms with Gasteiger partial charge in [0.2, 0.25) is 0 Å². The molecular weight excluding hydrogens is 242 g/mol. The van der Waals surface area contributed by atoms with E-state index < -0.39 is 6.04 Å². The molecule has 0 fully saturated rings. The van der Waals surface area contributed by atoms with Crippen molar-refractivity contribution in [3.05, 3.63) is 34.9 Å². The first-order valence-corrected chi connectivity index (χ1v) is 6.44. The van der Waals surface area contributed by atoms with Crippen molar-refractivity contribution in [3.8, 4) is 0 Å². The maximum Gasteiger partial charge on any atom is 0.307 e. The summed E-state index contributed by atoms with van der Waals surface area (Å²) < 4.78 is 4.88. The molecule has 0 saturated heterocycles. The average Bonchev–Trinajstić information content (AvgIpc) is 2.35. The van der Waals surface area contributed by atoms with Crippen molar-refractivity contribution in [1.82, 2.24) is 5.32 Å². The van der Waals surface area contributed by atoms with Crippen molar-refractivity contribution in [2.45, 2.75) is 33.2 Å². The predicted molar refractivity (Wildman–Crippen MR) is 74.3 cm³/mol. The van der Waals surface area contributed by atoms with E-state index in [1.165, 1.54) is 0 Å². The Kier molecular flexibility index (Phi) is 5.70. The number of benzene rings is 1. The number of likely N-dealkylation sites (N-methyl/N-ethyl adjacent to an activating group) is 1. The zero-order valence-corrected chi connectivity index (χ0v) is 11.9. The Bertz CT molecular complexity index is 468. The Balaban J connectivity index is 2.86. The van der Waals surface area contributed by atoms with Crippen molar-refractivity contribution in [1.29, 1.82) is 0 Å². The SMILES string of the molecule is CCOC(=O)CC(NC)C(=O)c1ccc(C)cc1C.